The molecular weight excluding hydrogens is 160 g/mol. The van der Waals surface area contributed by atoms with Gasteiger partial charge >= 0.3 is 0 Å². The van der Waals surface area contributed by atoms with Gasteiger partial charge in [-0.1, -0.05) is 12.8 Å². The average molecular weight is 182 g/mol. The van der Waals surface area contributed by atoms with E-state index >= 15 is 0 Å². The number of nitrogens with one attached hydrogen (secondary N) is 1. The molecule has 2 atom stereocenters. The molecular formula is C11H22N2. The van der Waals surface area contributed by atoms with Crippen molar-refractivity contribution < 1.29 is 0 Å². The zero-order chi connectivity index (χ0) is 9.10. The predicted molar refractivity (Wildman–Crippen MR) is 55.5 cm³/mol. The second-order valence-electron chi connectivity index (χ2n) is 4.74. The molecule has 2 saturated carbocycles. The van der Waals surface area contributed by atoms with E-state index in [-0.39, 0.29) is 0 Å². The van der Waals surface area contributed by atoms with Crippen LogP contribution in [0.5, 0.6) is 0 Å². The van der Waals surface area contributed by atoms with Gasteiger partial charge in [0.05, 0.1) is 0 Å². The molecule has 2 nitrogen and oxygen atoms in total. The van der Waals surface area contributed by atoms with Gasteiger partial charge in [0.1, 0.15) is 0 Å². The molecule has 2 fully saturated rings. The molecule has 3 N–H and O–H groups in total. The Balaban J connectivity index is 1.72. The number of nitrogens with two attached hydrogens (primary N) is 1. The first-order chi connectivity index (χ1) is 6.40. The van der Waals surface area contributed by atoms with E-state index in [4.69, 9.17) is 5.73 Å². The third kappa shape index (κ3) is 2.68. The minimum Gasteiger partial charge on any atom is -0.330 e. The fourth-order valence-electron chi connectivity index (χ4n) is 2.40. The number of hydrogen-bond acceptors (Lipinski definition) is 2. The highest BCUT2D eigenvalue weighted by atomic mass is 14.9. The van der Waals surface area contributed by atoms with Crippen molar-refractivity contribution in [2.24, 2.45) is 17.6 Å². The first-order valence-electron chi connectivity index (χ1n) is 5.83. The lowest BCUT2D eigenvalue weighted by molar-refractivity contribution is 0.266. The molecule has 0 amide bonds. The lowest BCUT2D eigenvalue weighted by Crippen LogP contribution is -2.42. The minimum absolute atomic E-state index is 0.736. The van der Waals surface area contributed by atoms with Gasteiger partial charge in [-0.3, -0.25) is 0 Å². The van der Waals surface area contributed by atoms with Crippen LogP contribution in [0.3, 0.4) is 0 Å². The summed E-state index contributed by atoms with van der Waals surface area (Å²) in [4.78, 5) is 0. The molecule has 2 rings (SSSR count). The van der Waals surface area contributed by atoms with Gasteiger partial charge in [0.15, 0.2) is 0 Å². The van der Waals surface area contributed by atoms with E-state index < -0.39 is 0 Å². The molecule has 76 valence electrons. The molecule has 0 radical (unpaired) electrons. The van der Waals surface area contributed by atoms with Crippen molar-refractivity contribution in [3.05, 3.63) is 0 Å². The first kappa shape index (κ1) is 9.47. The summed E-state index contributed by atoms with van der Waals surface area (Å²) in [6.45, 7) is 2.13. The summed E-state index contributed by atoms with van der Waals surface area (Å²) in [6, 6.07) is 0.736. The van der Waals surface area contributed by atoms with E-state index in [0.717, 1.165) is 24.4 Å². The molecule has 2 aliphatic carbocycles. The molecule has 2 aliphatic rings. The number of hydrogen-bond donors (Lipinski definition) is 2. The summed E-state index contributed by atoms with van der Waals surface area (Å²) < 4.78 is 0. The van der Waals surface area contributed by atoms with E-state index in [1.54, 1.807) is 0 Å². The SMILES string of the molecule is NCC1CCCCC1NCC1CC1. The highest BCUT2D eigenvalue weighted by Gasteiger charge is 2.26. The molecule has 0 heterocycles. The lowest BCUT2D eigenvalue weighted by atomic mass is 9.84. The van der Waals surface area contributed by atoms with Crippen molar-refractivity contribution >= 4 is 0 Å². The molecule has 0 aliphatic heterocycles. The number of rotatable bonds is 4. The van der Waals surface area contributed by atoms with Crippen molar-refractivity contribution in [3.8, 4) is 0 Å². The summed E-state index contributed by atoms with van der Waals surface area (Å²) in [5.74, 6) is 1.76. The van der Waals surface area contributed by atoms with Crippen molar-refractivity contribution in [3.63, 3.8) is 0 Å². The zero-order valence-electron chi connectivity index (χ0n) is 8.47. The van der Waals surface area contributed by atoms with Crippen molar-refractivity contribution in [1.29, 1.82) is 0 Å². The van der Waals surface area contributed by atoms with E-state index in [9.17, 15) is 0 Å². The van der Waals surface area contributed by atoms with Gasteiger partial charge in [-0.25, -0.2) is 0 Å². The van der Waals surface area contributed by atoms with Crippen LogP contribution in [0, 0.1) is 11.8 Å². The van der Waals surface area contributed by atoms with Gasteiger partial charge in [-0.05, 0) is 50.6 Å². The van der Waals surface area contributed by atoms with Crippen LogP contribution in [0.4, 0.5) is 0 Å². The summed E-state index contributed by atoms with van der Waals surface area (Å²) in [5, 5.41) is 3.70. The maximum atomic E-state index is 5.78. The van der Waals surface area contributed by atoms with Gasteiger partial charge in [0.25, 0.3) is 0 Å². The highest BCUT2D eigenvalue weighted by Crippen LogP contribution is 2.29. The van der Waals surface area contributed by atoms with Crippen molar-refractivity contribution in [2.45, 2.75) is 44.6 Å². The van der Waals surface area contributed by atoms with Crippen LogP contribution in [0.25, 0.3) is 0 Å². The Kier molecular flexibility index (Phi) is 3.23. The standard InChI is InChI=1S/C11H22N2/c12-7-10-3-1-2-4-11(10)13-8-9-5-6-9/h9-11,13H,1-8,12H2. The van der Waals surface area contributed by atoms with E-state index in [2.05, 4.69) is 5.32 Å². The van der Waals surface area contributed by atoms with Crippen LogP contribution >= 0.6 is 0 Å². The second kappa shape index (κ2) is 4.43. The fourth-order valence-corrected chi connectivity index (χ4v) is 2.40. The quantitative estimate of drug-likeness (QED) is 0.691. The monoisotopic (exact) mass is 182 g/mol. The normalized spacial score (nSPS) is 34.8. The summed E-state index contributed by atoms with van der Waals surface area (Å²) in [7, 11) is 0. The third-order valence-electron chi connectivity index (χ3n) is 3.58. The third-order valence-corrected chi connectivity index (χ3v) is 3.58. The van der Waals surface area contributed by atoms with Gasteiger partial charge in [0, 0.05) is 6.04 Å². The topological polar surface area (TPSA) is 38.0 Å². The van der Waals surface area contributed by atoms with Crippen LogP contribution in [0.2, 0.25) is 0 Å². The van der Waals surface area contributed by atoms with Crippen LogP contribution in [0.15, 0.2) is 0 Å². The smallest absolute Gasteiger partial charge is 0.0107 e. The Morgan fingerprint density at radius 3 is 2.54 bits per heavy atom. The first-order valence-corrected chi connectivity index (χ1v) is 5.83. The van der Waals surface area contributed by atoms with E-state index in [0.29, 0.717) is 0 Å². The van der Waals surface area contributed by atoms with Gasteiger partial charge in [0.2, 0.25) is 0 Å². The van der Waals surface area contributed by atoms with Gasteiger partial charge in [-0.2, -0.15) is 0 Å². The zero-order valence-corrected chi connectivity index (χ0v) is 8.47. The molecule has 0 aromatic heterocycles. The Morgan fingerprint density at radius 1 is 1.08 bits per heavy atom. The Labute approximate surface area is 81.3 Å². The summed E-state index contributed by atoms with van der Waals surface area (Å²) in [5.41, 5.74) is 5.78. The fraction of sp³-hybridized carbons (Fsp3) is 1.00. The van der Waals surface area contributed by atoms with Crippen LogP contribution in [0.1, 0.15) is 38.5 Å². The molecule has 0 aromatic rings. The second-order valence-corrected chi connectivity index (χ2v) is 4.74. The molecule has 0 aromatic carbocycles. The molecule has 2 unspecified atom stereocenters. The van der Waals surface area contributed by atoms with Crippen LogP contribution < -0.4 is 11.1 Å². The Hall–Kier alpha value is -0.0800. The van der Waals surface area contributed by atoms with E-state index in [1.807, 2.05) is 0 Å². The predicted octanol–water partition coefficient (Wildman–Crippen LogP) is 1.50. The van der Waals surface area contributed by atoms with Crippen LogP contribution in [-0.2, 0) is 0 Å². The molecule has 2 heteroatoms. The van der Waals surface area contributed by atoms with Gasteiger partial charge in [-0.15, -0.1) is 0 Å². The Bertz CT molecular complexity index is 154. The lowest BCUT2D eigenvalue weighted by Gasteiger charge is -2.31. The maximum absolute atomic E-state index is 5.78. The van der Waals surface area contributed by atoms with Crippen molar-refractivity contribution in [2.75, 3.05) is 13.1 Å². The molecule has 0 bridgehead atoms. The Morgan fingerprint density at radius 2 is 1.85 bits per heavy atom. The minimum atomic E-state index is 0.736. The highest BCUT2D eigenvalue weighted by molar-refractivity contribution is 4.84. The van der Waals surface area contributed by atoms with E-state index in [1.165, 1.54) is 45.1 Å². The largest absolute Gasteiger partial charge is 0.330 e. The van der Waals surface area contributed by atoms with Gasteiger partial charge < -0.3 is 11.1 Å². The molecule has 13 heavy (non-hydrogen) atoms. The molecule has 0 saturated heterocycles. The summed E-state index contributed by atoms with van der Waals surface area (Å²) in [6.07, 6.45) is 8.40. The maximum Gasteiger partial charge on any atom is 0.0107 e. The molecule has 0 spiro atoms. The van der Waals surface area contributed by atoms with Crippen molar-refractivity contribution in [1.82, 2.24) is 5.32 Å². The summed E-state index contributed by atoms with van der Waals surface area (Å²) >= 11 is 0. The average Bonchev–Trinajstić information content (AvgIpc) is 2.99. The van der Waals surface area contributed by atoms with Crippen LogP contribution in [-0.4, -0.2) is 19.1 Å².